The number of benzene rings is 2. The predicted octanol–water partition coefficient (Wildman–Crippen LogP) is 4.42. The van der Waals surface area contributed by atoms with E-state index < -0.39 is 10.0 Å². The zero-order chi connectivity index (χ0) is 17.9. The van der Waals surface area contributed by atoms with Gasteiger partial charge in [0, 0.05) is 5.69 Å². The quantitative estimate of drug-likeness (QED) is 0.690. The maximum absolute atomic E-state index is 12.9. The van der Waals surface area contributed by atoms with E-state index in [2.05, 4.69) is 15.0 Å². The van der Waals surface area contributed by atoms with Gasteiger partial charge < -0.3 is 5.32 Å². The molecule has 3 rings (SSSR count). The first-order valence-corrected chi connectivity index (χ1v) is 9.06. The standard InChI is InChI=1S/C17H13ClFN3O2S/c18-15-3-1-2-4-16(15)25(23,24)22-17-10-9-14(11-20-17)21-13-7-5-12(19)6-8-13/h1-11,21H,(H,20,22). The predicted molar refractivity (Wildman–Crippen MR) is 96.2 cm³/mol. The molecule has 0 saturated carbocycles. The molecule has 3 aromatic rings. The Hall–Kier alpha value is -2.64. The van der Waals surface area contributed by atoms with E-state index in [0.29, 0.717) is 11.4 Å². The molecule has 0 spiro atoms. The molecule has 1 heterocycles. The smallest absolute Gasteiger partial charge is 0.264 e. The second-order valence-corrected chi connectivity index (χ2v) is 7.16. The number of halogens is 2. The zero-order valence-corrected chi connectivity index (χ0v) is 14.4. The van der Waals surface area contributed by atoms with E-state index in [4.69, 9.17) is 11.6 Å². The van der Waals surface area contributed by atoms with Crippen LogP contribution in [0.2, 0.25) is 5.02 Å². The third-order valence-electron chi connectivity index (χ3n) is 3.26. The molecule has 0 amide bonds. The second-order valence-electron chi connectivity index (χ2n) is 5.10. The van der Waals surface area contributed by atoms with Gasteiger partial charge in [-0.15, -0.1) is 0 Å². The Bertz CT molecular complexity index is 978. The third kappa shape index (κ3) is 4.26. The summed E-state index contributed by atoms with van der Waals surface area (Å²) in [5.74, 6) is -0.169. The average molecular weight is 378 g/mol. The molecule has 0 fully saturated rings. The van der Waals surface area contributed by atoms with Crippen molar-refractivity contribution in [3.63, 3.8) is 0 Å². The first-order valence-electron chi connectivity index (χ1n) is 7.20. The van der Waals surface area contributed by atoms with Crippen LogP contribution in [0.15, 0.2) is 71.8 Å². The number of nitrogens with one attached hydrogen (secondary N) is 2. The highest BCUT2D eigenvalue weighted by Gasteiger charge is 2.17. The Labute approximate surface area is 149 Å². The molecule has 128 valence electrons. The molecule has 0 aliphatic heterocycles. The molecule has 0 unspecified atom stereocenters. The van der Waals surface area contributed by atoms with Crippen molar-refractivity contribution in [2.75, 3.05) is 10.0 Å². The van der Waals surface area contributed by atoms with Gasteiger partial charge in [0.25, 0.3) is 10.0 Å². The van der Waals surface area contributed by atoms with Crippen LogP contribution in [0.1, 0.15) is 0 Å². The van der Waals surface area contributed by atoms with Crippen LogP contribution >= 0.6 is 11.6 Å². The van der Waals surface area contributed by atoms with Crippen LogP contribution < -0.4 is 10.0 Å². The Morgan fingerprint density at radius 3 is 2.24 bits per heavy atom. The summed E-state index contributed by atoms with van der Waals surface area (Å²) < 4.78 is 39.9. The Balaban J connectivity index is 1.74. The number of aromatic nitrogens is 1. The van der Waals surface area contributed by atoms with E-state index in [-0.39, 0.29) is 21.6 Å². The van der Waals surface area contributed by atoms with E-state index in [0.717, 1.165) is 0 Å². The first-order chi connectivity index (χ1) is 11.9. The highest BCUT2D eigenvalue weighted by atomic mass is 35.5. The normalized spacial score (nSPS) is 11.1. The minimum atomic E-state index is -3.83. The van der Waals surface area contributed by atoms with Crippen LogP contribution in [-0.2, 0) is 10.0 Å². The van der Waals surface area contributed by atoms with E-state index >= 15 is 0 Å². The van der Waals surface area contributed by atoms with Crippen molar-refractivity contribution < 1.29 is 12.8 Å². The summed E-state index contributed by atoms with van der Waals surface area (Å²) in [6.45, 7) is 0. The van der Waals surface area contributed by atoms with Crippen LogP contribution in [-0.4, -0.2) is 13.4 Å². The number of nitrogens with zero attached hydrogens (tertiary/aromatic N) is 1. The number of pyridine rings is 1. The maximum Gasteiger partial charge on any atom is 0.264 e. The minimum absolute atomic E-state index is 0.0213. The topological polar surface area (TPSA) is 71.1 Å². The number of rotatable bonds is 5. The van der Waals surface area contributed by atoms with Gasteiger partial charge in [0.05, 0.1) is 16.9 Å². The van der Waals surface area contributed by atoms with Gasteiger partial charge in [0.15, 0.2) is 0 Å². The second kappa shape index (κ2) is 7.08. The van der Waals surface area contributed by atoms with Crippen molar-refractivity contribution in [2.24, 2.45) is 0 Å². The van der Waals surface area contributed by atoms with E-state index in [1.165, 1.54) is 36.5 Å². The van der Waals surface area contributed by atoms with Crippen LogP contribution in [0.25, 0.3) is 0 Å². The van der Waals surface area contributed by atoms with Gasteiger partial charge in [0.1, 0.15) is 16.5 Å². The Morgan fingerprint density at radius 1 is 0.920 bits per heavy atom. The van der Waals surface area contributed by atoms with E-state index in [1.54, 1.807) is 30.3 Å². The molecule has 5 nitrogen and oxygen atoms in total. The van der Waals surface area contributed by atoms with Gasteiger partial charge in [-0.1, -0.05) is 23.7 Å². The highest BCUT2D eigenvalue weighted by Crippen LogP contribution is 2.23. The van der Waals surface area contributed by atoms with Gasteiger partial charge in [-0.05, 0) is 48.5 Å². The molecule has 0 radical (unpaired) electrons. The third-order valence-corrected chi connectivity index (χ3v) is 5.12. The summed E-state index contributed by atoms with van der Waals surface area (Å²) >= 11 is 5.93. The summed E-state index contributed by atoms with van der Waals surface area (Å²) in [4.78, 5) is 4.04. The van der Waals surface area contributed by atoms with Crippen molar-refractivity contribution in [3.05, 3.63) is 77.7 Å². The lowest BCUT2D eigenvalue weighted by molar-refractivity contribution is 0.601. The molecule has 0 aliphatic rings. The number of hydrogen-bond acceptors (Lipinski definition) is 4. The van der Waals surface area contributed by atoms with Gasteiger partial charge in [-0.25, -0.2) is 17.8 Å². The molecule has 8 heteroatoms. The van der Waals surface area contributed by atoms with Gasteiger partial charge >= 0.3 is 0 Å². The van der Waals surface area contributed by atoms with E-state index in [1.807, 2.05) is 0 Å². The lowest BCUT2D eigenvalue weighted by Gasteiger charge is -2.10. The van der Waals surface area contributed by atoms with Crippen LogP contribution in [0.5, 0.6) is 0 Å². The molecule has 0 atom stereocenters. The zero-order valence-electron chi connectivity index (χ0n) is 12.8. The molecule has 0 saturated heterocycles. The van der Waals surface area contributed by atoms with E-state index in [9.17, 15) is 12.8 Å². The molecular formula is C17H13ClFN3O2S. The molecule has 1 aromatic heterocycles. The van der Waals surface area contributed by atoms with Crippen LogP contribution in [0.3, 0.4) is 0 Å². The maximum atomic E-state index is 12.9. The number of sulfonamides is 1. The van der Waals surface area contributed by atoms with Crippen LogP contribution in [0.4, 0.5) is 21.6 Å². The fourth-order valence-electron chi connectivity index (χ4n) is 2.08. The Morgan fingerprint density at radius 2 is 1.60 bits per heavy atom. The first kappa shape index (κ1) is 17.2. The lowest BCUT2D eigenvalue weighted by Crippen LogP contribution is -2.14. The number of hydrogen-bond donors (Lipinski definition) is 2. The molecule has 0 aliphatic carbocycles. The summed E-state index contributed by atoms with van der Waals surface area (Å²) in [5.41, 5.74) is 1.32. The minimum Gasteiger partial charge on any atom is -0.354 e. The SMILES string of the molecule is O=S(=O)(Nc1ccc(Nc2ccc(F)cc2)cn1)c1ccccc1Cl. The fourth-order valence-corrected chi connectivity index (χ4v) is 3.61. The summed E-state index contributed by atoms with van der Waals surface area (Å²) in [6, 6.07) is 15.2. The number of anilines is 3. The van der Waals surface area contributed by atoms with Crippen molar-refractivity contribution >= 4 is 38.8 Å². The fraction of sp³-hybridized carbons (Fsp3) is 0. The summed E-state index contributed by atoms with van der Waals surface area (Å²) in [6.07, 6.45) is 1.47. The lowest BCUT2D eigenvalue weighted by atomic mass is 10.3. The van der Waals surface area contributed by atoms with Gasteiger partial charge in [-0.2, -0.15) is 0 Å². The van der Waals surface area contributed by atoms with Gasteiger partial charge in [-0.3, -0.25) is 4.72 Å². The van der Waals surface area contributed by atoms with Gasteiger partial charge in [0.2, 0.25) is 0 Å². The molecule has 25 heavy (non-hydrogen) atoms. The molecule has 2 N–H and O–H groups in total. The summed E-state index contributed by atoms with van der Waals surface area (Å²) in [5, 5.41) is 3.16. The highest BCUT2D eigenvalue weighted by molar-refractivity contribution is 7.92. The van der Waals surface area contributed by atoms with Crippen molar-refractivity contribution in [3.8, 4) is 0 Å². The molecule has 2 aromatic carbocycles. The van der Waals surface area contributed by atoms with Crippen molar-refractivity contribution in [1.29, 1.82) is 0 Å². The van der Waals surface area contributed by atoms with Crippen molar-refractivity contribution in [1.82, 2.24) is 4.98 Å². The summed E-state index contributed by atoms with van der Waals surface area (Å²) in [7, 11) is -3.83. The monoisotopic (exact) mass is 377 g/mol. The average Bonchev–Trinajstić information content (AvgIpc) is 2.59. The van der Waals surface area contributed by atoms with Crippen LogP contribution in [0, 0.1) is 5.82 Å². The largest absolute Gasteiger partial charge is 0.354 e. The Kier molecular flexibility index (Phi) is 4.87. The molecular weight excluding hydrogens is 365 g/mol. The molecule has 0 bridgehead atoms. The van der Waals surface area contributed by atoms with Crippen molar-refractivity contribution in [2.45, 2.75) is 4.90 Å².